The van der Waals surface area contributed by atoms with Crippen LogP contribution in [0.1, 0.15) is 12.5 Å². The maximum Gasteiger partial charge on any atom is 0.319 e. The van der Waals surface area contributed by atoms with Crippen LogP contribution < -0.4 is 21.5 Å². The molecule has 0 spiro atoms. The lowest BCUT2D eigenvalue weighted by Gasteiger charge is -2.09. The summed E-state index contributed by atoms with van der Waals surface area (Å²) in [5.74, 6) is 0.772. The quantitative estimate of drug-likeness (QED) is 0.781. The monoisotopic (exact) mass is 301 g/mol. The van der Waals surface area contributed by atoms with Crippen molar-refractivity contribution in [2.45, 2.75) is 13.5 Å². The summed E-state index contributed by atoms with van der Waals surface area (Å²) >= 11 is 0. The Bertz CT molecular complexity index is 711. The molecular weight excluding hydrogens is 282 g/mol. The van der Waals surface area contributed by atoms with Crippen LogP contribution >= 0.6 is 0 Å². The number of urea groups is 1. The van der Waals surface area contributed by atoms with Gasteiger partial charge in [0.1, 0.15) is 5.82 Å². The first-order chi connectivity index (χ1) is 10.6. The summed E-state index contributed by atoms with van der Waals surface area (Å²) in [7, 11) is 1.65. The highest BCUT2D eigenvalue weighted by atomic mass is 16.2. The number of amides is 2. The van der Waals surface area contributed by atoms with Gasteiger partial charge < -0.3 is 20.5 Å². The van der Waals surface area contributed by atoms with E-state index in [0.717, 1.165) is 17.9 Å². The average molecular weight is 301 g/mol. The number of hydrogen-bond acceptors (Lipinski definition) is 4. The van der Waals surface area contributed by atoms with Gasteiger partial charge in [0.05, 0.1) is 0 Å². The number of nitrogens with one attached hydrogen (secondary N) is 3. The van der Waals surface area contributed by atoms with Crippen LogP contribution in [0.3, 0.4) is 0 Å². The lowest BCUT2D eigenvalue weighted by molar-refractivity contribution is 0.251. The largest absolute Gasteiger partial charge is 0.370 e. The summed E-state index contributed by atoms with van der Waals surface area (Å²) in [6.07, 6.45) is 3.29. The summed E-state index contributed by atoms with van der Waals surface area (Å²) in [6.45, 7) is 3.15. The topological polar surface area (TPSA) is 88.0 Å². The highest BCUT2D eigenvalue weighted by Crippen LogP contribution is 2.06. The zero-order valence-corrected chi connectivity index (χ0v) is 12.6. The van der Waals surface area contributed by atoms with E-state index >= 15 is 0 Å². The molecule has 2 rings (SSSR count). The average Bonchev–Trinajstić information content (AvgIpc) is 2.50. The number of carbonyl (C=O) groups excluding carboxylic acids is 1. The predicted molar refractivity (Wildman–Crippen MR) is 85.9 cm³/mol. The normalized spacial score (nSPS) is 10.1. The second-order valence-corrected chi connectivity index (χ2v) is 4.75. The van der Waals surface area contributed by atoms with Crippen LogP contribution in [-0.2, 0) is 13.6 Å². The van der Waals surface area contributed by atoms with Crippen molar-refractivity contribution in [3.8, 4) is 0 Å². The van der Waals surface area contributed by atoms with Gasteiger partial charge in [0, 0.05) is 44.3 Å². The first-order valence-corrected chi connectivity index (χ1v) is 6.99. The van der Waals surface area contributed by atoms with E-state index in [-0.39, 0.29) is 11.6 Å². The third-order valence-electron chi connectivity index (χ3n) is 3.00. The van der Waals surface area contributed by atoms with Gasteiger partial charge >= 0.3 is 6.03 Å². The highest BCUT2D eigenvalue weighted by molar-refractivity contribution is 5.89. The molecule has 0 aliphatic carbocycles. The van der Waals surface area contributed by atoms with Gasteiger partial charge in [0.25, 0.3) is 5.56 Å². The Morgan fingerprint density at radius 1 is 1.32 bits per heavy atom. The maximum atomic E-state index is 11.8. The molecule has 0 radical (unpaired) electrons. The first-order valence-electron chi connectivity index (χ1n) is 6.99. The molecule has 0 bridgehead atoms. The fourth-order valence-electron chi connectivity index (χ4n) is 1.85. The Kier molecular flexibility index (Phi) is 5.13. The van der Waals surface area contributed by atoms with Crippen LogP contribution in [0, 0.1) is 0 Å². The van der Waals surface area contributed by atoms with Crippen LogP contribution in [0.25, 0.3) is 0 Å². The molecule has 2 aromatic heterocycles. The Morgan fingerprint density at radius 2 is 2.14 bits per heavy atom. The molecule has 3 N–H and O–H groups in total. The van der Waals surface area contributed by atoms with Gasteiger partial charge in [0.2, 0.25) is 0 Å². The number of rotatable bonds is 5. The van der Waals surface area contributed by atoms with Crippen LogP contribution in [0.15, 0.2) is 41.5 Å². The van der Waals surface area contributed by atoms with Gasteiger partial charge in [-0.05, 0) is 30.7 Å². The first kappa shape index (κ1) is 15.6. The van der Waals surface area contributed by atoms with Crippen molar-refractivity contribution in [1.82, 2.24) is 14.9 Å². The van der Waals surface area contributed by atoms with E-state index in [1.54, 1.807) is 25.5 Å². The molecule has 7 nitrogen and oxygen atoms in total. The second kappa shape index (κ2) is 7.26. The minimum absolute atomic E-state index is 0.179. The predicted octanol–water partition coefficient (Wildman–Crippen LogP) is 1.53. The number of hydrogen-bond donors (Lipinski definition) is 3. The third-order valence-corrected chi connectivity index (χ3v) is 3.00. The summed E-state index contributed by atoms with van der Waals surface area (Å²) < 4.78 is 1.43. The van der Waals surface area contributed by atoms with Gasteiger partial charge in [-0.15, -0.1) is 0 Å². The molecule has 0 unspecified atom stereocenters. The van der Waals surface area contributed by atoms with Gasteiger partial charge in [-0.3, -0.25) is 4.79 Å². The van der Waals surface area contributed by atoms with E-state index in [2.05, 4.69) is 20.9 Å². The molecule has 0 aliphatic rings. The number of aryl methyl sites for hydroxylation is 1. The zero-order valence-electron chi connectivity index (χ0n) is 12.6. The molecule has 0 atom stereocenters. The second-order valence-electron chi connectivity index (χ2n) is 4.75. The molecule has 116 valence electrons. The molecule has 0 aromatic carbocycles. The molecular formula is C15H19N5O2. The standard InChI is InChI=1S/C15H19N5O2/c1-3-16-13-8-11(4-6-17-13)10-18-15(22)19-12-5-7-20(2)14(21)9-12/h4-9H,3,10H2,1-2H3,(H,16,17)(H2,18,19,22). The molecule has 0 fully saturated rings. The van der Waals surface area contributed by atoms with Gasteiger partial charge in [-0.1, -0.05) is 0 Å². The smallest absolute Gasteiger partial charge is 0.319 e. The lowest BCUT2D eigenvalue weighted by Crippen LogP contribution is -2.29. The van der Waals surface area contributed by atoms with E-state index in [0.29, 0.717) is 12.2 Å². The van der Waals surface area contributed by atoms with Gasteiger partial charge in [-0.2, -0.15) is 0 Å². The molecule has 0 saturated heterocycles. The number of pyridine rings is 2. The summed E-state index contributed by atoms with van der Waals surface area (Å²) in [6, 6.07) is 6.38. The van der Waals surface area contributed by atoms with Crippen LogP contribution in [-0.4, -0.2) is 22.1 Å². The van der Waals surface area contributed by atoms with Crippen LogP contribution in [0.5, 0.6) is 0 Å². The SMILES string of the molecule is CCNc1cc(CNC(=O)Nc2ccn(C)c(=O)c2)ccn1. The third kappa shape index (κ3) is 4.34. The van der Waals surface area contributed by atoms with E-state index < -0.39 is 0 Å². The van der Waals surface area contributed by atoms with Gasteiger partial charge in [0.15, 0.2) is 0 Å². The summed E-state index contributed by atoms with van der Waals surface area (Å²) in [4.78, 5) is 27.5. The van der Waals surface area contributed by atoms with Crippen molar-refractivity contribution in [1.29, 1.82) is 0 Å². The molecule has 2 aromatic rings. The van der Waals surface area contributed by atoms with Crippen LogP contribution in [0.2, 0.25) is 0 Å². The molecule has 22 heavy (non-hydrogen) atoms. The summed E-state index contributed by atoms with van der Waals surface area (Å²) in [5, 5.41) is 8.47. The minimum Gasteiger partial charge on any atom is -0.370 e. The highest BCUT2D eigenvalue weighted by Gasteiger charge is 2.03. The Hall–Kier alpha value is -2.83. The number of anilines is 2. The number of aromatic nitrogens is 2. The minimum atomic E-state index is -0.366. The van der Waals surface area contributed by atoms with Crippen molar-refractivity contribution in [2.24, 2.45) is 7.05 Å². The lowest BCUT2D eigenvalue weighted by atomic mass is 10.2. The van der Waals surface area contributed by atoms with Crippen molar-refractivity contribution < 1.29 is 4.79 Å². The molecule has 0 saturated carbocycles. The van der Waals surface area contributed by atoms with Crippen molar-refractivity contribution in [3.05, 3.63) is 52.6 Å². The fourth-order valence-corrected chi connectivity index (χ4v) is 1.85. The zero-order chi connectivity index (χ0) is 15.9. The fraction of sp³-hybridized carbons (Fsp3) is 0.267. The van der Waals surface area contributed by atoms with Crippen LogP contribution in [0.4, 0.5) is 16.3 Å². The Balaban J connectivity index is 1.91. The Labute approximate surface area is 128 Å². The van der Waals surface area contributed by atoms with Crippen molar-refractivity contribution in [3.63, 3.8) is 0 Å². The van der Waals surface area contributed by atoms with E-state index in [9.17, 15) is 9.59 Å². The van der Waals surface area contributed by atoms with Crippen molar-refractivity contribution >= 4 is 17.5 Å². The van der Waals surface area contributed by atoms with E-state index in [4.69, 9.17) is 0 Å². The number of carbonyl (C=O) groups is 1. The maximum absolute atomic E-state index is 11.8. The van der Waals surface area contributed by atoms with E-state index in [1.165, 1.54) is 10.6 Å². The summed E-state index contributed by atoms with van der Waals surface area (Å²) in [5.41, 5.74) is 1.22. The van der Waals surface area contributed by atoms with Crippen molar-refractivity contribution in [2.75, 3.05) is 17.2 Å². The Morgan fingerprint density at radius 3 is 2.86 bits per heavy atom. The van der Waals surface area contributed by atoms with Gasteiger partial charge in [-0.25, -0.2) is 9.78 Å². The number of nitrogens with zero attached hydrogens (tertiary/aromatic N) is 2. The molecule has 0 aliphatic heterocycles. The molecule has 2 heterocycles. The molecule has 7 heteroatoms. The molecule has 2 amide bonds. The van der Waals surface area contributed by atoms with E-state index in [1.807, 2.05) is 19.1 Å².